The lowest BCUT2D eigenvalue weighted by Gasteiger charge is -2.25. The van der Waals surface area contributed by atoms with Crippen molar-refractivity contribution in [2.45, 2.75) is 0 Å². The normalized spacial score (nSPS) is 11.3. The summed E-state index contributed by atoms with van der Waals surface area (Å²) in [5, 5.41) is 4.24. The van der Waals surface area contributed by atoms with E-state index in [1.54, 1.807) is 0 Å². The Morgan fingerprint density at radius 3 is 1.44 bits per heavy atom. The van der Waals surface area contributed by atoms with Gasteiger partial charge in [0.1, 0.15) is 11.2 Å². The van der Waals surface area contributed by atoms with Crippen LogP contribution in [0.5, 0.6) is 0 Å². The molecule has 0 fully saturated rings. The van der Waals surface area contributed by atoms with E-state index in [4.69, 9.17) is 19.4 Å². The monoisotopic (exact) mass is 692 g/mol. The number of benzene rings is 8. The van der Waals surface area contributed by atoms with Crippen LogP contribution in [0.15, 0.2) is 199 Å². The zero-order valence-electron chi connectivity index (χ0n) is 29.2. The van der Waals surface area contributed by atoms with Crippen LogP contribution in [0.1, 0.15) is 0 Å². The molecule has 0 bridgehead atoms. The Morgan fingerprint density at radius 2 is 0.815 bits per heavy atom. The fourth-order valence-corrected chi connectivity index (χ4v) is 7.34. The SMILES string of the molecule is c1ccc(-c2ccc(N(c3ccccc3)c3ccc4c(c3)oc3cc(-c5nc(-c6ccccc6)nc(-c6ccccc6)n5)c5ccccc5c34)cc2)cc1. The predicted molar refractivity (Wildman–Crippen MR) is 221 cm³/mol. The van der Waals surface area contributed by atoms with Crippen LogP contribution in [0.3, 0.4) is 0 Å². The molecule has 0 saturated carbocycles. The van der Waals surface area contributed by atoms with Crippen molar-refractivity contribution >= 4 is 49.8 Å². The molecule has 0 saturated heterocycles. The third-order valence-electron chi connectivity index (χ3n) is 9.91. The number of fused-ring (bicyclic) bond motifs is 5. The highest BCUT2D eigenvalue weighted by Gasteiger charge is 2.20. The highest BCUT2D eigenvalue weighted by Crippen LogP contribution is 2.43. The van der Waals surface area contributed by atoms with Gasteiger partial charge in [-0.2, -0.15) is 0 Å². The first-order chi connectivity index (χ1) is 26.8. The minimum atomic E-state index is 0.594. The summed E-state index contributed by atoms with van der Waals surface area (Å²) in [6.45, 7) is 0. The molecule has 0 atom stereocenters. The van der Waals surface area contributed by atoms with Crippen LogP contribution in [-0.4, -0.2) is 15.0 Å². The molecule has 0 aliphatic heterocycles. The molecule has 8 aromatic carbocycles. The number of rotatable bonds is 7. The number of hydrogen-bond donors (Lipinski definition) is 0. The average Bonchev–Trinajstić information content (AvgIpc) is 3.63. The van der Waals surface area contributed by atoms with Gasteiger partial charge in [-0.05, 0) is 64.4 Å². The van der Waals surface area contributed by atoms with Gasteiger partial charge in [0, 0.05) is 50.6 Å². The van der Waals surface area contributed by atoms with Gasteiger partial charge in [0.15, 0.2) is 17.5 Å². The maximum absolute atomic E-state index is 6.79. The van der Waals surface area contributed by atoms with Crippen molar-refractivity contribution in [2.75, 3.05) is 4.90 Å². The number of aromatic nitrogens is 3. The van der Waals surface area contributed by atoms with Crippen LogP contribution in [0.2, 0.25) is 0 Å². The lowest BCUT2D eigenvalue weighted by atomic mass is 9.98. The van der Waals surface area contributed by atoms with E-state index in [-0.39, 0.29) is 0 Å². The Labute approximate surface area is 312 Å². The van der Waals surface area contributed by atoms with Gasteiger partial charge >= 0.3 is 0 Å². The quantitative estimate of drug-likeness (QED) is 0.166. The maximum atomic E-state index is 6.79. The second-order valence-corrected chi connectivity index (χ2v) is 13.2. The minimum Gasteiger partial charge on any atom is -0.456 e. The molecule has 5 nitrogen and oxygen atoms in total. The van der Waals surface area contributed by atoms with Crippen LogP contribution < -0.4 is 4.90 Å². The zero-order valence-corrected chi connectivity index (χ0v) is 29.2. The van der Waals surface area contributed by atoms with Gasteiger partial charge in [-0.1, -0.05) is 146 Å². The zero-order chi connectivity index (χ0) is 35.8. The molecule has 10 rings (SSSR count). The van der Waals surface area contributed by atoms with Crippen molar-refractivity contribution in [1.29, 1.82) is 0 Å². The summed E-state index contributed by atoms with van der Waals surface area (Å²) in [6.07, 6.45) is 0. The van der Waals surface area contributed by atoms with Gasteiger partial charge in [0.05, 0.1) is 0 Å². The molecule has 2 aromatic heterocycles. The third-order valence-corrected chi connectivity index (χ3v) is 9.91. The molecule has 0 N–H and O–H groups in total. The first-order valence-electron chi connectivity index (χ1n) is 18.0. The molecule has 0 radical (unpaired) electrons. The number of hydrogen-bond acceptors (Lipinski definition) is 5. The van der Waals surface area contributed by atoms with E-state index >= 15 is 0 Å². The van der Waals surface area contributed by atoms with Crippen LogP contribution in [-0.2, 0) is 0 Å². The second kappa shape index (κ2) is 13.3. The number of para-hydroxylation sites is 1. The molecule has 0 spiro atoms. The van der Waals surface area contributed by atoms with Crippen LogP contribution in [0.25, 0.3) is 78.0 Å². The van der Waals surface area contributed by atoms with Crippen LogP contribution >= 0.6 is 0 Å². The Bertz CT molecular complexity index is 2850. The predicted octanol–water partition coefficient (Wildman–Crippen LogP) is 13.1. The van der Waals surface area contributed by atoms with Gasteiger partial charge < -0.3 is 9.32 Å². The Hall–Kier alpha value is -7.37. The lowest BCUT2D eigenvalue weighted by molar-refractivity contribution is 0.669. The maximum Gasteiger partial charge on any atom is 0.164 e. The van der Waals surface area contributed by atoms with Gasteiger partial charge in [-0.3, -0.25) is 0 Å². The van der Waals surface area contributed by atoms with Crippen LogP contribution in [0, 0.1) is 0 Å². The second-order valence-electron chi connectivity index (χ2n) is 13.2. The van der Waals surface area contributed by atoms with E-state index < -0.39 is 0 Å². The summed E-state index contributed by atoms with van der Waals surface area (Å²) in [5.41, 5.74) is 9.81. The Kier molecular flexibility index (Phi) is 7.73. The molecule has 5 heteroatoms. The largest absolute Gasteiger partial charge is 0.456 e. The summed E-state index contributed by atoms with van der Waals surface area (Å²) in [4.78, 5) is 17.3. The van der Waals surface area contributed by atoms with E-state index in [9.17, 15) is 0 Å². The lowest BCUT2D eigenvalue weighted by Crippen LogP contribution is -2.09. The van der Waals surface area contributed by atoms with E-state index in [1.807, 2.05) is 72.8 Å². The average molecular weight is 693 g/mol. The number of nitrogens with zero attached hydrogens (tertiary/aromatic N) is 4. The highest BCUT2D eigenvalue weighted by molar-refractivity contribution is 6.22. The molecule has 0 unspecified atom stereocenters. The molecular weight excluding hydrogens is 661 g/mol. The molecule has 10 aromatic rings. The van der Waals surface area contributed by atoms with Crippen molar-refractivity contribution < 1.29 is 4.42 Å². The van der Waals surface area contributed by atoms with Crippen molar-refractivity contribution in [3.05, 3.63) is 194 Å². The van der Waals surface area contributed by atoms with Crippen molar-refractivity contribution in [2.24, 2.45) is 0 Å². The van der Waals surface area contributed by atoms with Crippen molar-refractivity contribution in [3.63, 3.8) is 0 Å². The molecule has 0 aliphatic carbocycles. The molecule has 0 amide bonds. The van der Waals surface area contributed by atoms with Gasteiger partial charge in [-0.25, -0.2) is 15.0 Å². The van der Waals surface area contributed by atoms with E-state index in [2.05, 4.69) is 126 Å². The van der Waals surface area contributed by atoms with Crippen molar-refractivity contribution in [3.8, 4) is 45.3 Å². The third kappa shape index (κ3) is 5.65. The Balaban J connectivity index is 1.14. The molecule has 54 heavy (non-hydrogen) atoms. The fraction of sp³-hybridized carbons (Fsp3) is 0. The molecular formula is C49H32N4O. The number of furan rings is 1. The smallest absolute Gasteiger partial charge is 0.164 e. The van der Waals surface area contributed by atoms with Gasteiger partial charge in [0.2, 0.25) is 0 Å². The first-order valence-corrected chi connectivity index (χ1v) is 18.0. The fourth-order valence-electron chi connectivity index (χ4n) is 7.34. The summed E-state index contributed by atoms with van der Waals surface area (Å²) in [6, 6.07) is 66.8. The Morgan fingerprint density at radius 1 is 0.333 bits per heavy atom. The van der Waals surface area contributed by atoms with Gasteiger partial charge in [-0.15, -0.1) is 0 Å². The summed E-state index contributed by atoms with van der Waals surface area (Å²) in [7, 11) is 0. The molecule has 2 heterocycles. The standard InChI is InChI=1S/C49H32N4O/c1-5-15-33(16-6-1)34-25-27-38(28-26-34)53(37-21-11-4-12-22-37)39-29-30-42-44(31-39)54-45-32-43(40-23-13-14-24-41(40)46(42)45)49-51-47(35-17-7-2-8-18-35)50-48(52-49)36-19-9-3-10-20-36/h1-32H. The summed E-state index contributed by atoms with van der Waals surface area (Å²) >= 11 is 0. The summed E-state index contributed by atoms with van der Waals surface area (Å²) in [5.74, 6) is 1.84. The van der Waals surface area contributed by atoms with E-state index in [0.29, 0.717) is 17.5 Å². The minimum absolute atomic E-state index is 0.594. The van der Waals surface area contributed by atoms with E-state index in [1.165, 1.54) is 11.1 Å². The van der Waals surface area contributed by atoms with Gasteiger partial charge in [0.25, 0.3) is 0 Å². The molecule has 254 valence electrons. The topological polar surface area (TPSA) is 55.1 Å². The number of anilines is 3. The summed E-state index contributed by atoms with van der Waals surface area (Å²) < 4.78 is 6.79. The van der Waals surface area contributed by atoms with E-state index in [0.717, 1.165) is 66.5 Å². The van der Waals surface area contributed by atoms with Crippen molar-refractivity contribution in [1.82, 2.24) is 15.0 Å². The first kappa shape index (κ1) is 31.4. The van der Waals surface area contributed by atoms with Crippen LogP contribution in [0.4, 0.5) is 17.1 Å². The highest BCUT2D eigenvalue weighted by atomic mass is 16.3. The molecule has 0 aliphatic rings.